The SMILES string of the molecule is Nc1nonc1C(=O)Nc1ccc2sccc2c1. The van der Waals surface area contributed by atoms with Gasteiger partial charge >= 0.3 is 0 Å². The summed E-state index contributed by atoms with van der Waals surface area (Å²) in [5.74, 6) is -0.465. The van der Waals surface area contributed by atoms with Crippen molar-refractivity contribution in [1.29, 1.82) is 0 Å². The fraction of sp³-hybridized carbons (Fsp3) is 0. The number of amides is 1. The quantitative estimate of drug-likeness (QED) is 0.736. The number of carbonyl (C=O) groups is 1. The zero-order valence-corrected chi connectivity index (χ0v) is 9.90. The minimum atomic E-state index is -0.441. The van der Waals surface area contributed by atoms with E-state index in [1.54, 1.807) is 11.3 Å². The first-order valence-corrected chi connectivity index (χ1v) is 5.98. The maximum atomic E-state index is 11.8. The Labute approximate surface area is 105 Å². The predicted octanol–water partition coefficient (Wildman–Crippen LogP) is 2.12. The van der Waals surface area contributed by atoms with Crippen LogP contribution in [0.2, 0.25) is 0 Å². The molecule has 0 aliphatic carbocycles. The first-order chi connectivity index (χ1) is 8.74. The number of nitrogen functional groups attached to an aromatic ring is 1. The van der Waals surface area contributed by atoms with Crippen LogP contribution in [0.5, 0.6) is 0 Å². The molecule has 2 aromatic heterocycles. The lowest BCUT2D eigenvalue weighted by molar-refractivity contribution is 0.101. The molecule has 0 fully saturated rings. The van der Waals surface area contributed by atoms with E-state index in [0.717, 1.165) is 10.1 Å². The van der Waals surface area contributed by atoms with Crippen molar-refractivity contribution >= 4 is 38.8 Å². The van der Waals surface area contributed by atoms with Gasteiger partial charge in [0.25, 0.3) is 5.91 Å². The maximum Gasteiger partial charge on any atom is 0.281 e. The van der Waals surface area contributed by atoms with Gasteiger partial charge in [-0.05, 0) is 45.3 Å². The average Bonchev–Trinajstić information content (AvgIpc) is 2.96. The molecule has 0 radical (unpaired) electrons. The topological polar surface area (TPSA) is 94.0 Å². The first kappa shape index (κ1) is 10.7. The van der Waals surface area contributed by atoms with E-state index in [2.05, 4.69) is 20.3 Å². The number of hydrogen-bond donors (Lipinski definition) is 2. The van der Waals surface area contributed by atoms with Crippen LogP contribution in [-0.4, -0.2) is 16.2 Å². The summed E-state index contributed by atoms with van der Waals surface area (Å²) < 4.78 is 5.54. The van der Waals surface area contributed by atoms with E-state index in [4.69, 9.17) is 5.73 Å². The molecule has 3 rings (SSSR count). The van der Waals surface area contributed by atoms with Crippen molar-refractivity contribution in [1.82, 2.24) is 10.3 Å². The summed E-state index contributed by atoms with van der Waals surface area (Å²) >= 11 is 1.65. The second-order valence-corrected chi connectivity index (χ2v) is 4.57. The fourth-order valence-electron chi connectivity index (χ4n) is 1.59. The number of anilines is 2. The lowest BCUT2D eigenvalue weighted by Crippen LogP contribution is -2.14. The van der Waals surface area contributed by atoms with Gasteiger partial charge in [-0.3, -0.25) is 4.79 Å². The number of aromatic nitrogens is 2. The van der Waals surface area contributed by atoms with E-state index >= 15 is 0 Å². The normalized spacial score (nSPS) is 10.7. The van der Waals surface area contributed by atoms with Crippen LogP contribution < -0.4 is 11.1 Å². The molecule has 0 aliphatic rings. The first-order valence-electron chi connectivity index (χ1n) is 5.11. The summed E-state index contributed by atoms with van der Waals surface area (Å²) in [6.07, 6.45) is 0. The maximum absolute atomic E-state index is 11.8. The summed E-state index contributed by atoms with van der Waals surface area (Å²) in [6.45, 7) is 0. The third-order valence-corrected chi connectivity index (χ3v) is 3.34. The van der Waals surface area contributed by atoms with E-state index in [-0.39, 0.29) is 11.5 Å². The number of nitrogens with one attached hydrogen (secondary N) is 1. The van der Waals surface area contributed by atoms with E-state index in [9.17, 15) is 4.79 Å². The Morgan fingerprint density at radius 3 is 3.00 bits per heavy atom. The van der Waals surface area contributed by atoms with Crippen LogP contribution in [0.3, 0.4) is 0 Å². The molecule has 3 aromatic rings. The monoisotopic (exact) mass is 260 g/mol. The zero-order valence-electron chi connectivity index (χ0n) is 9.08. The smallest absolute Gasteiger partial charge is 0.281 e. The fourth-order valence-corrected chi connectivity index (χ4v) is 2.36. The lowest BCUT2D eigenvalue weighted by atomic mass is 10.2. The van der Waals surface area contributed by atoms with Crippen LogP contribution in [0.25, 0.3) is 10.1 Å². The highest BCUT2D eigenvalue weighted by Crippen LogP contribution is 2.24. The molecule has 0 atom stereocenters. The average molecular weight is 260 g/mol. The third-order valence-electron chi connectivity index (χ3n) is 2.44. The highest BCUT2D eigenvalue weighted by Gasteiger charge is 2.16. The number of hydrogen-bond acceptors (Lipinski definition) is 6. The number of rotatable bonds is 2. The van der Waals surface area contributed by atoms with Gasteiger partial charge in [-0.25, -0.2) is 4.63 Å². The summed E-state index contributed by atoms with van der Waals surface area (Å²) in [6, 6.07) is 7.63. The largest absolute Gasteiger partial charge is 0.379 e. The molecule has 1 amide bonds. The third kappa shape index (κ3) is 1.80. The van der Waals surface area contributed by atoms with Crippen LogP contribution in [0.4, 0.5) is 11.5 Å². The molecule has 3 N–H and O–H groups in total. The number of nitrogens with zero attached hydrogens (tertiary/aromatic N) is 2. The molecule has 0 aliphatic heterocycles. The highest BCUT2D eigenvalue weighted by atomic mass is 32.1. The van der Waals surface area contributed by atoms with Gasteiger partial charge < -0.3 is 11.1 Å². The number of fused-ring (bicyclic) bond motifs is 1. The van der Waals surface area contributed by atoms with E-state index < -0.39 is 5.91 Å². The van der Waals surface area contributed by atoms with E-state index in [1.165, 1.54) is 0 Å². The van der Waals surface area contributed by atoms with Crippen molar-refractivity contribution in [3.63, 3.8) is 0 Å². The highest BCUT2D eigenvalue weighted by molar-refractivity contribution is 7.17. The predicted molar refractivity (Wildman–Crippen MR) is 68.5 cm³/mol. The Bertz CT molecular complexity index is 718. The minimum Gasteiger partial charge on any atom is -0.379 e. The van der Waals surface area contributed by atoms with Crippen molar-refractivity contribution < 1.29 is 9.42 Å². The molecule has 0 spiro atoms. The van der Waals surface area contributed by atoms with Crippen molar-refractivity contribution in [2.24, 2.45) is 0 Å². The Hall–Kier alpha value is -2.41. The molecule has 1 aromatic carbocycles. The minimum absolute atomic E-state index is 0.0135. The molecule has 6 nitrogen and oxygen atoms in total. The Morgan fingerprint density at radius 2 is 2.22 bits per heavy atom. The summed E-state index contributed by atoms with van der Waals surface area (Å²) in [5.41, 5.74) is 6.10. The van der Waals surface area contributed by atoms with Gasteiger partial charge in [-0.1, -0.05) is 0 Å². The summed E-state index contributed by atoms with van der Waals surface area (Å²) in [5, 5.41) is 12.6. The van der Waals surface area contributed by atoms with Crippen LogP contribution in [0.1, 0.15) is 10.5 Å². The molecule has 18 heavy (non-hydrogen) atoms. The Morgan fingerprint density at radius 1 is 1.33 bits per heavy atom. The molecule has 90 valence electrons. The molecular formula is C11H8N4O2S. The van der Waals surface area contributed by atoms with Crippen LogP contribution >= 0.6 is 11.3 Å². The van der Waals surface area contributed by atoms with Gasteiger partial charge in [0.2, 0.25) is 11.5 Å². The molecule has 0 bridgehead atoms. The number of carbonyl (C=O) groups excluding carboxylic acids is 1. The van der Waals surface area contributed by atoms with Gasteiger partial charge in [-0.2, -0.15) is 0 Å². The van der Waals surface area contributed by atoms with Crippen molar-refractivity contribution in [2.75, 3.05) is 11.1 Å². The molecule has 0 saturated heterocycles. The van der Waals surface area contributed by atoms with E-state index in [0.29, 0.717) is 5.69 Å². The van der Waals surface area contributed by atoms with Gasteiger partial charge in [-0.15, -0.1) is 11.3 Å². The van der Waals surface area contributed by atoms with Crippen molar-refractivity contribution in [2.45, 2.75) is 0 Å². The second kappa shape index (κ2) is 4.11. The molecular weight excluding hydrogens is 252 g/mol. The lowest BCUT2D eigenvalue weighted by Gasteiger charge is -2.02. The molecule has 0 unspecified atom stereocenters. The van der Waals surface area contributed by atoms with Crippen molar-refractivity contribution in [3.05, 3.63) is 35.3 Å². The molecule has 7 heteroatoms. The zero-order chi connectivity index (χ0) is 12.5. The van der Waals surface area contributed by atoms with Crippen molar-refractivity contribution in [3.8, 4) is 0 Å². The summed E-state index contributed by atoms with van der Waals surface area (Å²) in [4.78, 5) is 11.8. The molecule has 0 saturated carbocycles. The second-order valence-electron chi connectivity index (χ2n) is 3.63. The Balaban J connectivity index is 1.88. The number of benzene rings is 1. The number of nitrogens with two attached hydrogens (primary N) is 1. The van der Waals surface area contributed by atoms with Crippen LogP contribution in [-0.2, 0) is 0 Å². The number of thiophene rings is 1. The van der Waals surface area contributed by atoms with Gasteiger partial charge in [0.15, 0.2) is 0 Å². The Kier molecular flexibility index (Phi) is 2.45. The van der Waals surface area contributed by atoms with E-state index in [1.807, 2.05) is 29.6 Å². The molecule has 2 heterocycles. The van der Waals surface area contributed by atoms with Gasteiger partial charge in [0.05, 0.1) is 0 Å². The standard InChI is InChI=1S/C11H8N4O2S/c12-10-9(14-17-15-10)11(16)13-7-1-2-8-6(5-7)3-4-18-8/h1-5H,(H2,12,15)(H,13,16). The summed E-state index contributed by atoms with van der Waals surface area (Å²) in [7, 11) is 0. The van der Waals surface area contributed by atoms with Gasteiger partial charge in [0, 0.05) is 10.4 Å². The van der Waals surface area contributed by atoms with Gasteiger partial charge in [0.1, 0.15) is 0 Å². The van der Waals surface area contributed by atoms with Crippen LogP contribution in [0, 0.1) is 0 Å². The van der Waals surface area contributed by atoms with Crippen LogP contribution in [0.15, 0.2) is 34.3 Å².